The number of aromatic nitrogens is 1. The molecular weight excluding hydrogens is 330 g/mol. The zero-order valence-corrected chi connectivity index (χ0v) is 15.2. The first-order valence-corrected chi connectivity index (χ1v) is 9.03. The maximum Gasteiger partial charge on any atom is 0.255 e. The average molecular weight is 353 g/mol. The highest BCUT2D eigenvalue weighted by Gasteiger charge is 2.27. The molecule has 2 aliphatic heterocycles. The Bertz CT molecular complexity index is 863. The van der Waals surface area contributed by atoms with Crippen LogP contribution in [-0.2, 0) is 6.42 Å². The van der Waals surface area contributed by atoms with Crippen LogP contribution in [0.1, 0.15) is 37.7 Å². The minimum atomic E-state index is 0.0282. The van der Waals surface area contributed by atoms with Crippen LogP contribution in [-0.4, -0.2) is 59.4 Å². The summed E-state index contributed by atoms with van der Waals surface area (Å²) in [6.07, 6.45) is 0.855. The first-order chi connectivity index (χ1) is 12.5. The van der Waals surface area contributed by atoms with Gasteiger partial charge in [-0.05, 0) is 43.7 Å². The van der Waals surface area contributed by atoms with Crippen LogP contribution in [0.25, 0.3) is 0 Å². The molecule has 0 atom stereocenters. The Kier molecular flexibility index (Phi) is 4.18. The molecule has 136 valence electrons. The number of hydrogen-bond acceptors (Lipinski definition) is 3. The van der Waals surface area contributed by atoms with E-state index in [2.05, 4.69) is 4.98 Å². The summed E-state index contributed by atoms with van der Waals surface area (Å²) in [4.78, 5) is 32.3. The summed E-state index contributed by atoms with van der Waals surface area (Å²) in [5.74, 6) is 0.947. The summed E-state index contributed by atoms with van der Waals surface area (Å²) < 4.78 is 5.50. The average Bonchev–Trinajstić information content (AvgIpc) is 3.25. The van der Waals surface area contributed by atoms with Crippen LogP contribution in [0.2, 0.25) is 0 Å². The number of hydrogen-bond donors (Lipinski definition) is 1. The van der Waals surface area contributed by atoms with Crippen LogP contribution in [0.15, 0.2) is 24.3 Å². The lowest BCUT2D eigenvalue weighted by molar-refractivity contribution is 0.0535. The van der Waals surface area contributed by atoms with E-state index < -0.39 is 0 Å². The van der Waals surface area contributed by atoms with E-state index in [0.717, 1.165) is 34.7 Å². The van der Waals surface area contributed by atoms with E-state index >= 15 is 0 Å². The number of benzene rings is 1. The van der Waals surface area contributed by atoms with Gasteiger partial charge in [0.25, 0.3) is 11.8 Å². The molecule has 1 fully saturated rings. The Morgan fingerprint density at radius 2 is 1.69 bits per heavy atom. The molecule has 2 amide bonds. The molecule has 0 unspecified atom stereocenters. The largest absolute Gasteiger partial charge is 0.493 e. The number of H-pyrrole nitrogens is 1. The topological polar surface area (TPSA) is 65.6 Å². The second kappa shape index (κ2) is 6.52. The van der Waals surface area contributed by atoms with Gasteiger partial charge in [0.1, 0.15) is 5.75 Å². The lowest BCUT2D eigenvalue weighted by Gasteiger charge is -2.35. The number of nitrogens with one attached hydrogen (secondary N) is 1. The number of carbonyl (C=O) groups is 2. The molecule has 0 bridgehead atoms. The van der Waals surface area contributed by atoms with Gasteiger partial charge < -0.3 is 19.5 Å². The van der Waals surface area contributed by atoms with E-state index in [1.807, 2.05) is 47.9 Å². The first kappa shape index (κ1) is 16.7. The van der Waals surface area contributed by atoms with Crippen LogP contribution >= 0.6 is 0 Å². The van der Waals surface area contributed by atoms with Crippen molar-refractivity contribution in [1.29, 1.82) is 0 Å². The fourth-order valence-corrected chi connectivity index (χ4v) is 3.73. The molecule has 2 aromatic rings. The van der Waals surface area contributed by atoms with Crippen molar-refractivity contribution < 1.29 is 14.3 Å². The second-order valence-electron chi connectivity index (χ2n) is 7.00. The van der Waals surface area contributed by atoms with Crippen LogP contribution in [0.4, 0.5) is 0 Å². The molecule has 2 aliphatic rings. The van der Waals surface area contributed by atoms with Gasteiger partial charge >= 0.3 is 0 Å². The molecule has 1 aromatic carbocycles. The van der Waals surface area contributed by atoms with E-state index in [1.54, 1.807) is 0 Å². The normalized spacial score (nSPS) is 16.4. The highest BCUT2D eigenvalue weighted by Crippen LogP contribution is 2.26. The van der Waals surface area contributed by atoms with Gasteiger partial charge in [-0.1, -0.05) is 0 Å². The number of fused-ring (bicyclic) bond motifs is 1. The highest BCUT2D eigenvalue weighted by atomic mass is 16.5. The Hall–Kier alpha value is -2.76. The van der Waals surface area contributed by atoms with Crippen molar-refractivity contribution in [2.24, 2.45) is 0 Å². The van der Waals surface area contributed by atoms with Crippen LogP contribution < -0.4 is 4.74 Å². The van der Waals surface area contributed by atoms with Crippen molar-refractivity contribution in [1.82, 2.24) is 14.8 Å². The molecule has 0 radical (unpaired) electrons. The van der Waals surface area contributed by atoms with E-state index in [1.165, 1.54) is 0 Å². The van der Waals surface area contributed by atoms with Gasteiger partial charge in [-0.2, -0.15) is 0 Å². The zero-order chi connectivity index (χ0) is 18.3. The predicted molar refractivity (Wildman–Crippen MR) is 97.7 cm³/mol. The van der Waals surface area contributed by atoms with Crippen LogP contribution in [0.5, 0.6) is 5.75 Å². The number of ether oxygens (including phenoxy) is 1. The summed E-state index contributed by atoms with van der Waals surface area (Å²) in [5, 5.41) is 0. The zero-order valence-electron chi connectivity index (χ0n) is 15.2. The lowest BCUT2D eigenvalue weighted by atomic mass is 10.1. The molecule has 0 spiro atoms. The fourth-order valence-electron chi connectivity index (χ4n) is 3.73. The molecular formula is C20H23N3O3. The summed E-state index contributed by atoms with van der Waals surface area (Å²) in [7, 11) is 0. The quantitative estimate of drug-likeness (QED) is 0.900. The summed E-state index contributed by atoms with van der Waals surface area (Å²) >= 11 is 0. The van der Waals surface area contributed by atoms with E-state index in [0.29, 0.717) is 38.3 Å². The highest BCUT2D eigenvalue weighted by molar-refractivity contribution is 5.97. The number of nitrogens with zero attached hydrogens (tertiary/aromatic N) is 2. The molecule has 0 aliphatic carbocycles. The van der Waals surface area contributed by atoms with Gasteiger partial charge in [0, 0.05) is 49.6 Å². The third-order valence-electron chi connectivity index (χ3n) is 5.17. The minimum Gasteiger partial charge on any atom is -0.493 e. The van der Waals surface area contributed by atoms with Gasteiger partial charge in [-0.15, -0.1) is 0 Å². The maximum atomic E-state index is 12.8. The van der Waals surface area contributed by atoms with Crippen molar-refractivity contribution in [3.05, 3.63) is 52.3 Å². The number of piperazine rings is 1. The van der Waals surface area contributed by atoms with Crippen molar-refractivity contribution >= 4 is 11.8 Å². The molecule has 4 rings (SSSR count). The van der Waals surface area contributed by atoms with Crippen molar-refractivity contribution in [2.45, 2.75) is 20.3 Å². The molecule has 26 heavy (non-hydrogen) atoms. The summed E-state index contributed by atoms with van der Waals surface area (Å²) in [5.41, 5.74) is 4.40. The molecule has 1 saturated heterocycles. The molecule has 3 heterocycles. The van der Waals surface area contributed by atoms with Crippen molar-refractivity contribution in [2.75, 3.05) is 32.8 Å². The standard InChI is InChI=1S/C20H23N3O3/c1-13-11-17(14(2)21-13)20(25)23-8-6-22(7-9-23)19(24)16-3-4-18-15(12-16)5-10-26-18/h3-4,11-12,21H,5-10H2,1-2H3. The number of rotatable bonds is 2. The fraction of sp³-hybridized carbons (Fsp3) is 0.400. The Morgan fingerprint density at radius 3 is 2.35 bits per heavy atom. The number of aryl methyl sites for hydroxylation is 2. The molecule has 0 saturated carbocycles. The van der Waals surface area contributed by atoms with Gasteiger partial charge in [-0.3, -0.25) is 9.59 Å². The monoisotopic (exact) mass is 353 g/mol. The van der Waals surface area contributed by atoms with Crippen molar-refractivity contribution in [3.8, 4) is 5.75 Å². The van der Waals surface area contributed by atoms with E-state index in [-0.39, 0.29) is 11.8 Å². The maximum absolute atomic E-state index is 12.8. The van der Waals surface area contributed by atoms with E-state index in [9.17, 15) is 9.59 Å². The molecule has 6 nitrogen and oxygen atoms in total. The van der Waals surface area contributed by atoms with E-state index in [4.69, 9.17) is 4.74 Å². The smallest absolute Gasteiger partial charge is 0.255 e. The summed E-state index contributed by atoms with van der Waals surface area (Å²) in [6, 6.07) is 7.54. The Labute approximate surface area is 152 Å². The molecule has 1 N–H and O–H groups in total. The third kappa shape index (κ3) is 2.96. The van der Waals surface area contributed by atoms with Crippen LogP contribution in [0, 0.1) is 13.8 Å². The minimum absolute atomic E-state index is 0.0282. The number of amides is 2. The third-order valence-corrected chi connectivity index (χ3v) is 5.17. The molecule has 6 heteroatoms. The number of aromatic amines is 1. The Morgan fingerprint density at radius 1 is 1.00 bits per heavy atom. The van der Waals surface area contributed by atoms with Gasteiger partial charge in [-0.25, -0.2) is 0 Å². The lowest BCUT2D eigenvalue weighted by Crippen LogP contribution is -2.50. The van der Waals surface area contributed by atoms with Crippen molar-refractivity contribution in [3.63, 3.8) is 0 Å². The van der Waals surface area contributed by atoms with Crippen LogP contribution in [0.3, 0.4) is 0 Å². The molecule has 1 aromatic heterocycles. The van der Waals surface area contributed by atoms with Gasteiger partial charge in [0.05, 0.1) is 12.2 Å². The predicted octanol–water partition coefficient (Wildman–Crippen LogP) is 2.16. The van der Waals surface area contributed by atoms with Gasteiger partial charge in [0.15, 0.2) is 0 Å². The Balaban J connectivity index is 1.41. The second-order valence-corrected chi connectivity index (χ2v) is 7.00. The number of carbonyl (C=O) groups excluding carboxylic acids is 2. The van der Waals surface area contributed by atoms with Gasteiger partial charge in [0.2, 0.25) is 0 Å². The summed E-state index contributed by atoms with van der Waals surface area (Å²) in [6.45, 7) is 6.78. The SMILES string of the molecule is Cc1cc(C(=O)N2CCN(C(=O)c3ccc4c(c3)CCO4)CC2)c(C)[nH]1. The first-order valence-electron chi connectivity index (χ1n) is 9.03.